The Labute approximate surface area is 148 Å². The average molecular weight is 355 g/mol. The number of benzene rings is 1. The summed E-state index contributed by atoms with van der Waals surface area (Å²) >= 11 is 1.53. The zero-order valence-electron chi connectivity index (χ0n) is 13.5. The number of aliphatic carboxylic acids is 1. The lowest BCUT2D eigenvalue weighted by Crippen LogP contribution is -2.42. The van der Waals surface area contributed by atoms with Crippen molar-refractivity contribution in [2.75, 3.05) is 13.1 Å². The summed E-state index contributed by atoms with van der Waals surface area (Å²) in [5.74, 6) is -1.40. The van der Waals surface area contributed by atoms with E-state index in [0.717, 1.165) is 21.8 Å². The number of hydrogen-bond donors (Lipinski definition) is 1. The van der Waals surface area contributed by atoms with Gasteiger partial charge in [0.1, 0.15) is 0 Å². The molecule has 1 aliphatic heterocycles. The Balaban J connectivity index is 1.60. The van der Waals surface area contributed by atoms with Crippen LogP contribution in [0.15, 0.2) is 42.7 Å². The molecule has 4 rings (SSSR count). The smallest absolute Gasteiger partial charge is 0.308 e. The van der Waals surface area contributed by atoms with Crippen molar-refractivity contribution >= 4 is 33.4 Å². The van der Waals surface area contributed by atoms with E-state index < -0.39 is 11.9 Å². The van der Waals surface area contributed by atoms with Crippen LogP contribution in [0.4, 0.5) is 0 Å². The van der Waals surface area contributed by atoms with Gasteiger partial charge in [0, 0.05) is 31.0 Å². The summed E-state index contributed by atoms with van der Waals surface area (Å²) in [5.41, 5.74) is 1.44. The largest absolute Gasteiger partial charge is 0.481 e. The Morgan fingerprint density at radius 1 is 1.24 bits per heavy atom. The van der Waals surface area contributed by atoms with Gasteiger partial charge in [-0.15, -0.1) is 0 Å². The molecule has 0 bridgehead atoms. The van der Waals surface area contributed by atoms with Crippen LogP contribution in [0.1, 0.15) is 23.2 Å². The molecular formula is C18H17N3O3S. The molecule has 7 heteroatoms. The molecule has 0 radical (unpaired) electrons. The van der Waals surface area contributed by atoms with Gasteiger partial charge in [0.25, 0.3) is 5.91 Å². The van der Waals surface area contributed by atoms with Gasteiger partial charge in [-0.25, -0.2) is 4.98 Å². The van der Waals surface area contributed by atoms with Gasteiger partial charge in [-0.05, 0) is 43.2 Å². The van der Waals surface area contributed by atoms with Crippen molar-refractivity contribution in [1.82, 2.24) is 14.5 Å². The lowest BCUT2D eigenvalue weighted by Gasteiger charge is -2.30. The van der Waals surface area contributed by atoms with Gasteiger partial charge >= 0.3 is 5.97 Å². The first kappa shape index (κ1) is 15.8. The molecule has 25 heavy (non-hydrogen) atoms. The van der Waals surface area contributed by atoms with Crippen LogP contribution in [0.3, 0.4) is 0 Å². The van der Waals surface area contributed by atoms with Crippen LogP contribution < -0.4 is 0 Å². The second-order valence-corrected chi connectivity index (χ2v) is 7.21. The summed E-state index contributed by atoms with van der Waals surface area (Å²) in [6, 6.07) is 9.36. The highest BCUT2D eigenvalue weighted by molar-refractivity contribution is 7.20. The molecule has 2 aromatic heterocycles. The van der Waals surface area contributed by atoms with Crippen molar-refractivity contribution in [1.29, 1.82) is 0 Å². The van der Waals surface area contributed by atoms with Crippen molar-refractivity contribution in [3.63, 3.8) is 0 Å². The van der Waals surface area contributed by atoms with E-state index in [9.17, 15) is 14.7 Å². The van der Waals surface area contributed by atoms with Gasteiger partial charge in [0.05, 0.1) is 16.1 Å². The van der Waals surface area contributed by atoms with Gasteiger partial charge < -0.3 is 14.6 Å². The lowest BCUT2D eigenvalue weighted by molar-refractivity contribution is -0.143. The van der Waals surface area contributed by atoms with Crippen molar-refractivity contribution in [3.8, 4) is 5.13 Å². The van der Waals surface area contributed by atoms with Crippen LogP contribution in [0.25, 0.3) is 15.3 Å². The minimum absolute atomic E-state index is 0.108. The Morgan fingerprint density at radius 2 is 2.04 bits per heavy atom. The van der Waals surface area contributed by atoms with E-state index in [1.807, 2.05) is 41.2 Å². The van der Waals surface area contributed by atoms with E-state index in [0.29, 0.717) is 18.5 Å². The molecule has 1 atom stereocenters. The highest BCUT2D eigenvalue weighted by atomic mass is 32.1. The highest BCUT2D eigenvalue weighted by Crippen LogP contribution is 2.27. The summed E-state index contributed by atoms with van der Waals surface area (Å²) in [6.07, 6.45) is 5.23. The Hall–Kier alpha value is -2.67. The number of amides is 1. The second kappa shape index (κ2) is 6.33. The number of rotatable bonds is 3. The molecule has 1 aromatic carbocycles. The Bertz CT molecular complexity index is 932. The van der Waals surface area contributed by atoms with E-state index in [1.165, 1.54) is 11.3 Å². The van der Waals surface area contributed by atoms with Crippen molar-refractivity contribution in [2.24, 2.45) is 5.92 Å². The maximum absolute atomic E-state index is 12.8. The van der Waals surface area contributed by atoms with Crippen LogP contribution in [-0.2, 0) is 4.79 Å². The molecule has 1 unspecified atom stereocenters. The minimum Gasteiger partial charge on any atom is -0.481 e. The number of thiazole rings is 1. The predicted molar refractivity (Wildman–Crippen MR) is 95.2 cm³/mol. The number of carboxylic acid groups (broad SMARTS) is 1. The number of carbonyl (C=O) groups excluding carboxylic acids is 1. The first-order valence-electron chi connectivity index (χ1n) is 8.18. The molecule has 3 aromatic rings. The zero-order chi connectivity index (χ0) is 17.4. The number of piperidine rings is 1. The molecule has 1 fully saturated rings. The molecule has 128 valence electrons. The van der Waals surface area contributed by atoms with Gasteiger partial charge in [0.15, 0.2) is 5.13 Å². The third-order valence-electron chi connectivity index (χ3n) is 4.51. The maximum Gasteiger partial charge on any atom is 0.308 e. The van der Waals surface area contributed by atoms with Crippen LogP contribution in [0.2, 0.25) is 0 Å². The van der Waals surface area contributed by atoms with Gasteiger partial charge in [-0.1, -0.05) is 11.3 Å². The first-order chi connectivity index (χ1) is 12.1. The van der Waals surface area contributed by atoms with Crippen molar-refractivity contribution < 1.29 is 14.7 Å². The number of aromatic nitrogens is 2. The molecule has 0 spiro atoms. The van der Waals surface area contributed by atoms with E-state index in [4.69, 9.17) is 0 Å². The molecule has 6 nitrogen and oxygen atoms in total. The number of hydrogen-bond acceptors (Lipinski definition) is 4. The van der Waals surface area contributed by atoms with Crippen molar-refractivity contribution in [2.45, 2.75) is 12.8 Å². The predicted octanol–water partition coefficient (Wildman–Crippen LogP) is 3.02. The zero-order valence-corrected chi connectivity index (χ0v) is 14.3. The monoisotopic (exact) mass is 355 g/mol. The third kappa shape index (κ3) is 3.02. The maximum atomic E-state index is 12.8. The fourth-order valence-electron chi connectivity index (χ4n) is 3.16. The van der Waals surface area contributed by atoms with Crippen LogP contribution in [0, 0.1) is 5.92 Å². The normalized spacial score (nSPS) is 17.8. The van der Waals surface area contributed by atoms with E-state index in [2.05, 4.69) is 4.98 Å². The van der Waals surface area contributed by atoms with Crippen LogP contribution >= 0.6 is 11.3 Å². The molecule has 0 saturated carbocycles. The lowest BCUT2D eigenvalue weighted by atomic mass is 9.97. The summed E-state index contributed by atoms with van der Waals surface area (Å²) in [5, 5.41) is 10.1. The topological polar surface area (TPSA) is 75.4 Å². The molecule has 0 aliphatic carbocycles. The number of carbonyl (C=O) groups is 2. The fraction of sp³-hybridized carbons (Fsp3) is 0.278. The molecule has 1 amide bonds. The second-order valence-electron chi connectivity index (χ2n) is 6.20. The summed E-state index contributed by atoms with van der Waals surface area (Å²) in [4.78, 5) is 30.2. The van der Waals surface area contributed by atoms with E-state index in [1.54, 1.807) is 11.0 Å². The highest BCUT2D eigenvalue weighted by Gasteiger charge is 2.28. The fourth-order valence-corrected chi connectivity index (χ4v) is 4.14. The Morgan fingerprint density at radius 3 is 2.80 bits per heavy atom. The summed E-state index contributed by atoms with van der Waals surface area (Å²) in [6.45, 7) is 0.890. The molecular weight excluding hydrogens is 338 g/mol. The van der Waals surface area contributed by atoms with Crippen LogP contribution in [0.5, 0.6) is 0 Å². The standard InChI is InChI=1S/C18H17N3O3S/c22-16(21-9-3-4-13(11-21)17(23)24)12-5-6-14-15(10-12)25-18(19-14)20-7-1-2-8-20/h1-2,5-8,10,13H,3-4,9,11H2,(H,23,24). The SMILES string of the molecule is O=C(O)C1CCCN(C(=O)c2ccc3nc(-n4cccc4)sc3c2)C1. The first-order valence-corrected chi connectivity index (χ1v) is 8.99. The van der Waals surface area contributed by atoms with Gasteiger partial charge in [0.2, 0.25) is 0 Å². The van der Waals surface area contributed by atoms with Crippen molar-refractivity contribution in [3.05, 3.63) is 48.3 Å². The van der Waals surface area contributed by atoms with Gasteiger partial charge in [-0.2, -0.15) is 0 Å². The quantitative estimate of drug-likeness (QED) is 0.784. The van der Waals surface area contributed by atoms with Gasteiger partial charge in [-0.3, -0.25) is 9.59 Å². The molecule has 1 saturated heterocycles. The molecule has 1 aliphatic rings. The molecule has 3 heterocycles. The number of likely N-dealkylation sites (tertiary alicyclic amines) is 1. The molecule has 1 N–H and O–H groups in total. The minimum atomic E-state index is -0.827. The summed E-state index contributed by atoms with van der Waals surface area (Å²) in [7, 11) is 0. The number of nitrogens with zero attached hydrogens (tertiary/aromatic N) is 3. The average Bonchev–Trinajstić information content (AvgIpc) is 3.29. The number of carboxylic acids is 1. The van der Waals surface area contributed by atoms with E-state index >= 15 is 0 Å². The number of fused-ring (bicyclic) bond motifs is 1. The van der Waals surface area contributed by atoms with Crippen LogP contribution in [-0.4, -0.2) is 44.5 Å². The Kier molecular flexibility index (Phi) is 4.01. The third-order valence-corrected chi connectivity index (χ3v) is 5.54. The van der Waals surface area contributed by atoms with E-state index in [-0.39, 0.29) is 12.5 Å². The summed E-state index contributed by atoms with van der Waals surface area (Å²) < 4.78 is 2.88.